The van der Waals surface area contributed by atoms with Crippen LogP contribution in [0.3, 0.4) is 0 Å². The van der Waals surface area contributed by atoms with Gasteiger partial charge in [0.05, 0.1) is 22.7 Å². The van der Waals surface area contributed by atoms with Crippen LogP contribution >= 0.6 is 12.2 Å². The first-order valence-corrected chi connectivity index (χ1v) is 9.28. The zero-order valence-electron chi connectivity index (χ0n) is 15.7. The Morgan fingerprint density at radius 3 is 2.40 bits per heavy atom. The summed E-state index contributed by atoms with van der Waals surface area (Å²) >= 11 is 5.15. The summed E-state index contributed by atoms with van der Waals surface area (Å²) in [5, 5.41) is 16.2. The Kier molecular flexibility index (Phi) is 4.88. The van der Waals surface area contributed by atoms with E-state index in [-0.39, 0.29) is 15.9 Å². The van der Waals surface area contributed by atoms with Crippen molar-refractivity contribution in [2.24, 2.45) is 5.10 Å². The van der Waals surface area contributed by atoms with Crippen LogP contribution in [0.2, 0.25) is 0 Å². The number of aromatic hydroxyl groups is 1. The molecular weight excluding hydrogens is 407 g/mol. The molecule has 2 heterocycles. The molecule has 0 unspecified atom stereocenters. The number of para-hydroxylation sites is 1. The third-order valence-electron chi connectivity index (χ3n) is 4.56. The molecule has 150 valence electrons. The lowest BCUT2D eigenvalue weighted by atomic mass is 10.1. The zero-order valence-corrected chi connectivity index (χ0v) is 16.5. The fraction of sp³-hybridized carbons (Fsp3) is 0.0476. The van der Waals surface area contributed by atoms with Gasteiger partial charge in [0, 0.05) is 0 Å². The molecule has 3 aromatic rings. The Labute approximate surface area is 175 Å². The molecule has 0 atom stereocenters. The van der Waals surface area contributed by atoms with Crippen molar-refractivity contribution in [1.82, 2.24) is 9.55 Å². The van der Waals surface area contributed by atoms with Gasteiger partial charge in [-0.05, 0) is 61.6 Å². The van der Waals surface area contributed by atoms with Crippen molar-refractivity contribution in [3.63, 3.8) is 0 Å². The van der Waals surface area contributed by atoms with Crippen molar-refractivity contribution in [1.29, 1.82) is 0 Å². The Bertz CT molecular complexity index is 1330. The van der Waals surface area contributed by atoms with Crippen LogP contribution in [0.5, 0.6) is 5.88 Å². The summed E-state index contributed by atoms with van der Waals surface area (Å²) in [7, 11) is 0. The van der Waals surface area contributed by atoms with Crippen molar-refractivity contribution >= 4 is 35.6 Å². The van der Waals surface area contributed by atoms with Crippen molar-refractivity contribution < 1.29 is 14.3 Å². The molecule has 4 rings (SSSR count). The number of carbonyl (C=O) groups excluding carboxylic acids is 1. The number of hydrogen-bond donors (Lipinski definition) is 2. The maximum absolute atomic E-state index is 13.3. The Hall–Kier alpha value is -3.85. The third kappa shape index (κ3) is 3.35. The predicted molar refractivity (Wildman–Crippen MR) is 114 cm³/mol. The third-order valence-corrected chi connectivity index (χ3v) is 4.84. The van der Waals surface area contributed by atoms with E-state index >= 15 is 0 Å². The normalized spacial score (nSPS) is 15.0. The van der Waals surface area contributed by atoms with Crippen LogP contribution in [0.15, 0.2) is 70.1 Å². The van der Waals surface area contributed by atoms with Gasteiger partial charge in [-0.2, -0.15) is 10.1 Å². The molecule has 1 aliphatic heterocycles. The maximum atomic E-state index is 13.3. The lowest BCUT2D eigenvalue weighted by Crippen LogP contribution is -2.22. The summed E-state index contributed by atoms with van der Waals surface area (Å²) < 4.78 is 14.4. The van der Waals surface area contributed by atoms with E-state index in [4.69, 9.17) is 12.2 Å². The lowest BCUT2D eigenvalue weighted by molar-refractivity contribution is -0.114. The Morgan fingerprint density at radius 2 is 1.73 bits per heavy atom. The van der Waals surface area contributed by atoms with Gasteiger partial charge in [-0.1, -0.05) is 18.2 Å². The molecule has 0 fully saturated rings. The van der Waals surface area contributed by atoms with Crippen molar-refractivity contribution in [3.05, 3.63) is 86.7 Å². The van der Waals surface area contributed by atoms with Gasteiger partial charge in [-0.15, -0.1) is 0 Å². The number of rotatable bonds is 3. The van der Waals surface area contributed by atoms with Gasteiger partial charge in [0.1, 0.15) is 11.4 Å². The van der Waals surface area contributed by atoms with Crippen molar-refractivity contribution in [2.45, 2.75) is 6.92 Å². The molecule has 0 spiro atoms. The van der Waals surface area contributed by atoms with Gasteiger partial charge < -0.3 is 5.11 Å². The van der Waals surface area contributed by atoms with Crippen LogP contribution in [0.25, 0.3) is 11.8 Å². The van der Waals surface area contributed by atoms with E-state index in [1.54, 1.807) is 31.2 Å². The second kappa shape index (κ2) is 7.53. The lowest BCUT2D eigenvalue weighted by Gasteiger charge is -2.12. The van der Waals surface area contributed by atoms with Crippen LogP contribution < -0.4 is 10.6 Å². The number of nitrogens with zero attached hydrogens (tertiary/aromatic N) is 3. The number of aromatic nitrogens is 2. The van der Waals surface area contributed by atoms with E-state index in [1.165, 1.54) is 39.9 Å². The topological polar surface area (TPSA) is 90.7 Å². The smallest absolute Gasteiger partial charge is 0.280 e. The first kappa shape index (κ1) is 19.5. The van der Waals surface area contributed by atoms with Gasteiger partial charge in [0.25, 0.3) is 11.5 Å². The molecule has 2 aromatic carbocycles. The number of H-pyrrole nitrogens is 1. The largest absolute Gasteiger partial charge is 0.494 e. The summed E-state index contributed by atoms with van der Waals surface area (Å²) in [6.07, 6.45) is 1.27. The maximum Gasteiger partial charge on any atom is 0.280 e. The zero-order chi connectivity index (χ0) is 21.4. The average Bonchev–Trinajstić information content (AvgIpc) is 3.01. The van der Waals surface area contributed by atoms with E-state index in [0.29, 0.717) is 17.1 Å². The average molecular weight is 422 g/mol. The number of halogens is 1. The van der Waals surface area contributed by atoms with E-state index in [0.717, 1.165) is 0 Å². The number of hydrogen-bond acceptors (Lipinski definition) is 5. The fourth-order valence-electron chi connectivity index (χ4n) is 3.07. The number of benzene rings is 2. The molecule has 0 radical (unpaired) electrons. The number of amides is 1. The molecule has 1 aliphatic rings. The number of aromatic amines is 1. The molecule has 0 bridgehead atoms. The highest BCUT2D eigenvalue weighted by molar-refractivity contribution is 7.71. The summed E-state index contributed by atoms with van der Waals surface area (Å²) in [6, 6.07) is 14.1. The minimum atomic E-state index is -0.665. The molecular formula is C21H15FN4O3S. The summed E-state index contributed by atoms with van der Waals surface area (Å²) in [4.78, 5) is 27.8. The van der Waals surface area contributed by atoms with Crippen LogP contribution in [-0.4, -0.2) is 26.3 Å². The molecule has 9 heteroatoms. The molecule has 2 N–H and O–H groups in total. The summed E-state index contributed by atoms with van der Waals surface area (Å²) in [5.74, 6) is -1.36. The monoisotopic (exact) mass is 422 g/mol. The number of anilines is 1. The molecule has 30 heavy (non-hydrogen) atoms. The van der Waals surface area contributed by atoms with Crippen LogP contribution in [-0.2, 0) is 4.79 Å². The second-order valence-corrected chi connectivity index (χ2v) is 6.89. The highest BCUT2D eigenvalue weighted by Crippen LogP contribution is 2.27. The van der Waals surface area contributed by atoms with Crippen LogP contribution in [0.4, 0.5) is 10.1 Å². The highest BCUT2D eigenvalue weighted by atomic mass is 32.1. The Balaban J connectivity index is 1.83. The molecule has 0 saturated heterocycles. The van der Waals surface area contributed by atoms with Gasteiger partial charge in [0.2, 0.25) is 5.88 Å². The van der Waals surface area contributed by atoms with Crippen molar-refractivity contribution in [3.8, 4) is 11.6 Å². The van der Waals surface area contributed by atoms with Crippen molar-refractivity contribution in [2.75, 3.05) is 5.01 Å². The molecule has 1 aromatic heterocycles. The summed E-state index contributed by atoms with van der Waals surface area (Å²) in [5.41, 5.74) is 0.637. The highest BCUT2D eigenvalue weighted by Gasteiger charge is 2.29. The molecule has 1 amide bonds. The van der Waals surface area contributed by atoms with Gasteiger partial charge in [0.15, 0.2) is 4.77 Å². The molecule has 7 nitrogen and oxygen atoms in total. The van der Waals surface area contributed by atoms with Gasteiger partial charge in [-0.3, -0.25) is 19.1 Å². The van der Waals surface area contributed by atoms with Gasteiger partial charge >= 0.3 is 0 Å². The quantitative estimate of drug-likeness (QED) is 0.499. The first-order valence-electron chi connectivity index (χ1n) is 8.88. The summed E-state index contributed by atoms with van der Waals surface area (Å²) in [6.45, 7) is 1.63. The van der Waals surface area contributed by atoms with Crippen LogP contribution in [0, 0.1) is 10.6 Å². The van der Waals surface area contributed by atoms with E-state index < -0.39 is 23.2 Å². The number of nitrogens with one attached hydrogen (secondary N) is 1. The predicted octanol–water partition coefficient (Wildman–Crippen LogP) is 3.55. The Morgan fingerprint density at radius 1 is 1.07 bits per heavy atom. The standard InChI is InChI=1S/C21H15FN4O3S/c1-12-16(20(29)26(24-12)15-5-3-2-4-6-15)11-17-18(27)23-21(30)25(19(17)28)14-9-7-13(22)8-10-14/h2-11,28H,1H3,(H,23,27,30)/b16-11-. The van der Waals surface area contributed by atoms with Gasteiger partial charge in [-0.25, -0.2) is 4.39 Å². The SMILES string of the molecule is CC1=NN(c2ccccc2)C(=O)/C1=C\c1c(O)n(-c2ccc(F)cc2)c(=S)[nH]c1=O. The second-order valence-electron chi connectivity index (χ2n) is 6.50. The van der Waals surface area contributed by atoms with E-state index in [1.807, 2.05) is 6.07 Å². The fourth-order valence-corrected chi connectivity index (χ4v) is 3.36. The first-order chi connectivity index (χ1) is 14.4. The van der Waals surface area contributed by atoms with Crippen LogP contribution in [0.1, 0.15) is 12.5 Å². The minimum Gasteiger partial charge on any atom is -0.494 e. The number of hydrazone groups is 1. The van der Waals surface area contributed by atoms with E-state index in [9.17, 15) is 19.1 Å². The van der Waals surface area contributed by atoms with E-state index in [2.05, 4.69) is 10.1 Å². The number of carbonyl (C=O) groups is 1. The molecule has 0 aliphatic carbocycles. The minimum absolute atomic E-state index is 0.0692. The molecule has 0 saturated carbocycles.